The third-order valence-corrected chi connectivity index (χ3v) is 5.86. The van der Waals surface area contributed by atoms with Crippen molar-refractivity contribution in [3.05, 3.63) is 77.0 Å². The number of nitrogens with one attached hydrogen (secondary N) is 2. The van der Waals surface area contributed by atoms with Crippen LogP contribution in [0.3, 0.4) is 0 Å². The van der Waals surface area contributed by atoms with Crippen molar-refractivity contribution < 1.29 is 4.79 Å². The SMILES string of the molecule is Cc1cc(Nc2cc(N[C@H](CC3=CCc4ccccc43)C(N)=O)ccc2C#N)sn1. The van der Waals surface area contributed by atoms with E-state index in [9.17, 15) is 10.1 Å². The molecule has 0 saturated carbocycles. The number of nitriles is 1. The Morgan fingerprint density at radius 3 is 2.87 bits per heavy atom. The fourth-order valence-corrected chi connectivity index (χ4v) is 4.26. The first-order valence-corrected chi connectivity index (χ1v) is 10.4. The Hall–Kier alpha value is -3.63. The lowest BCUT2D eigenvalue weighted by Crippen LogP contribution is -2.35. The van der Waals surface area contributed by atoms with Crippen LogP contribution >= 0.6 is 11.5 Å². The van der Waals surface area contributed by atoms with E-state index in [2.05, 4.69) is 39.3 Å². The van der Waals surface area contributed by atoms with Gasteiger partial charge in [0.05, 0.1) is 16.9 Å². The van der Waals surface area contributed by atoms with Crippen molar-refractivity contribution in [2.24, 2.45) is 5.73 Å². The fraction of sp³-hybridized carbons (Fsp3) is 0.174. The van der Waals surface area contributed by atoms with Crippen LogP contribution in [0.15, 0.2) is 54.6 Å². The molecule has 1 aromatic heterocycles. The van der Waals surface area contributed by atoms with Gasteiger partial charge < -0.3 is 16.4 Å². The molecule has 1 aliphatic carbocycles. The number of amides is 1. The summed E-state index contributed by atoms with van der Waals surface area (Å²) in [4.78, 5) is 12.2. The molecule has 2 aromatic carbocycles. The summed E-state index contributed by atoms with van der Waals surface area (Å²) in [6.07, 6.45) is 3.53. The number of rotatable bonds is 7. The Balaban J connectivity index is 1.55. The van der Waals surface area contributed by atoms with E-state index in [1.807, 2.05) is 31.2 Å². The van der Waals surface area contributed by atoms with Crippen molar-refractivity contribution in [3.8, 4) is 6.07 Å². The van der Waals surface area contributed by atoms with Gasteiger partial charge in [0.1, 0.15) is 17.1 Å². The number of aromatic nitrogens is 1. The number of carbonyl (C=O) groups excluding carboxylic acids is 1. The summed E-state index contributed by atoms with van der Waals surface area (Å²) < 4.78 is 4.25. The lowest BCUT2D eigenvalue weighted by molar-refractivity contribution is -0.118. The van der Waals surface area contributed by atoms with Gasteiger partial charge in [-0.25, -0.2) is 0 Å². The van der Waals surface area contributed by atoms with E-state index in [0.29, 0.717) is 23.4 Å². The van der Waals surface area contributed by atoms with Gasteiger partial charge in [-0.2, -0.15) is 9.64 Å². The highest BCUT2D eigenvalue weighted by molar-refractivity contribution is 7.10. The minimum absolute atomic E-state index is 0.419. The normalized spacial score (nSPS) is 13.1. The number of nitrogens with zero attached hydrogens (tertiary/aromatic N) is 2. The zero-order valence-electron chi connectivity index (χ0n) is 16.5. The second-order valence-electron chi connectivity index (χ2n) is 7.22. The topological polar surface area (TPSA) is 104 Å². The number of nitrogens with two attached hydrogens (primary N) is 1. The van der Waals surface area contributed by atoms with Crippen LogP contribution in [0.4, 0.5) is 16.4 Å². The number of anilines is 3. The molecule has 0 aliphatic heterocycles. The molecule has 0 bridgehead atoms. The van der Waals surface area contributed by atoms with Gasteiger partial charge in [0.25, 0.3) is 0 Å². The monoisotopic (exact) mass is 415 g/mol. The molecule has 0 radical (unpaired) electrons. The zero-order valence-corrected chi connectivity index (χ0v) is 17.3. The van der Waals surface area contributed by atoms with E-state index in [-0.39, 0.29) is 0 Å². The van der Waals surface area contributed by atoms with Crippen molar-refractivity contribution in [2.45, 2.75) is 25.8 Å². The molecule has 0 spiro atoms. The molecule has 1 heterocycles. The van der Waals surface area contributed by atoms with E-state index in [0.717, 1.165) is 22.7 Å². The largest absolute Gasteiger partial charge is 0.373 e. The summed E-state index contributed by atoms with van der Waals surface area (Å²) in [5.41, 5.74) is 12.0. The highest BCUT2D eigenvalue weighted by Crippen LogP contribution is 2.32. The molecule has 1 atom stereocenters. The third kappa shape index (κ3) is 4.19. The standard InChI is InChI=1S/C23H21N5OS/c1-14-10-22(30-28-14)27-20-12-18(9-8-17(20)13-24)26-21(23(25)29)11-16-7-6-15-4-2-3-5-19(15)16/h2-5,7-10,12,21,26-27H,6,11H2,1H3,(H2,25,29)/t21-/m1/s1. The highest BCUT2D eigenvalue weighted by Gasteiger charge is 2.22. The van der Waals surface area contributed by atoms with Crippen LogP contribution in [0, 0.1) is 18.3 Å². The van der Waals surface area contributed by atoms with E-state index in [4.69, 9.17) is 5.73 Å². The van der Waals surface area contributed by atoms with E-state index in [1.165, 1.54) is 22.7 Å². The van der Waals surface area contributed by atoms with Crippen LogP contribution in [0.5, 0.6) is 0 Å². The molecular weight excluding hydrogens is 394 g/mol. The minimum atomic E-state index is -0.561. The molecule has 30 heavy (non-hydrogen) atoms. The van der Waals surface area contributed by atoms with Gasteiger partial charge in [-0.05, 0) is 65.8 Å². The summed E-state index contributed by atoms with van der Waals surface area (Å²) in [5.74, 6) is -0.419. The quantitative estimate of drug-likeness (QED) is 0.532. The lowest BCUT2D eigenvalue weighted by atomic mass is 9.99. The van der Waals surface area contributed by atoms with Crippen molar-refractivity contribution in [3.63, 3.8) is 0 Å². The molecule has 0 saturated heterocycles. The van der Waals surface area contributed by atoms with Crippen LogP contribution in [0.25, 0.3) is 5.57 Å². The predicted octanol–water partition coefficient (Wildman–Crippen LogP) is 4.36. The molecule has 7 heteroatoms. The van der Waals surface area contributed by atoms with Gasteiger partial charge in [0, 0.05) is 12.1 Å². The summed E-state index contributed by atoms with van der Waals surface area (Å²) in [6, 6.07) is 17.1. The van der Waals surface area contributed by atoms with E-state index in [1.54, 1.807) is 12.1 Å². The maximum Gasteiger partial charge on any atom is 0.240 e. The second-order valence-corrected chi connectivity index (χ2v) is 8.03. The van der Waals surface area contributed by atoms with E-state index < -0.39 is 11.9 Å². The molecule has 150 valence electrons. The predicted molar refractivity (Wildman–Crippen MR) is 121 cm³/mol. The summed E-state index contributed by atoms with van der Waals surface area (Å²) in [6.45, 7) is 1.91. The fourth-order valence-electron chi connectivity index (χ4n) is 3.58. The maximum atomic E-state index is 12.2. The number of primary amides is 1. The Bertz CT molecular complexity index is 1170. The molecule has 1 amide bonds. The molecular formula is C23H21N5OS. The number of hydrogen-bond donors (Lipinski definition) is 3. The number of benzene rings is 2. The molecule has 4 rings (SSSR count). The second kappa shape index (κ2) is 8.39. The number of fused-ring (bicyclic) bond motifs is 1. The molecule has 0 fully saturated rings. The average molecular weight is 416 g/mol. The van der Waals surface area contributed by atoms with Gasteiger partial charge in [0.15, 0.2) is 0 Å². The van der Waals surface area contributed by atoms with Crippen LogP contribution in [0.2, 0.25) is 0 Å². The lowest BCUT2D eigenvalue weighted by Gasteiger charge is -2.19. The van der Waals surface area contributed by atoms with Gasteiger partial charge >= 0.3 is 0 Å². The summed E-state index contributed by atoms with van der Waals surface area (Å²) in [7, 11) is 0. The molecule has 6 nitrogen and oxygen atoms in total. The number of carbonyl (C=O) groups is 1. The van der Waals surface area contributed by atoms with Crippen molar-refractivity contribution in [1.29, 1.82) is 5.26 Å². The van der Waals surface area contributed by atoms with Crippen LogP contribution in [-0.2, 0) is 11.2 Å². The maximum absolute atomic E-state index is 12.2. The van der Waals surface area contributed by atoms with Crippen LogP contribution in [0.1, 0.15) is 28.8 Å². The van der Waals surface area contributed by atoms with Crippen LogP contribution < -0.4 is 16.4 Å². The smallest absolute Gasteiger partial charge is 0.240 e. The van der Waals surface area contributed by atoms with E-state index >= 15 is 0 Å². The molecule has 4 N–H and O–H groups in total. The van der Waals surface area contributed by atoms with Gasteiger partial charge in [-0.3, -0.25) is 4.79 Å². The van der Waals surface area contributed by atoms with Crippen molar-refractivity contribution in [2.75, 3.05) is 10.6 Å². The molecule has 3 aromatic rings. The number of aryl methyl sites for hydroxylation is 1. The first kappa shape index (κ1) is 19.7. The zero-order chi connectivity index (χ0) is 21.1. The first-order valence-electron chi connectivity index (χ1n) is 9.61. The van der Waals surface area contributed by atoms with Crippen LogP contribution in [-0.4, -0.2) is 16.3 Å². The minimum Gasteiger partial charge on any atom is -0.373 e. The number of allylic oxidation sites excluding steroid dienone is 1. The van der Waals surface area contributed by atoms with Gasteiger partial charge in [-0.15, -0.1) is 0 Å². The van der Waals surface area contributed by atoms with Gasteiger partial charge in [0.2, 0.25) is 5.91 Å². The number of hydrogen-bond acceptors (Lipinski definition) is 6. The Morgan fingerprint density at radius 2 is 2.13 bits per heavy atom. The van der Waals surface area contributed by atoms with Crippen molar-refractivity contribution >= 4 is 39.4 Å². The Labute approximate surface area is 179 Å². The van der Waals surface area contributed by atoms with Gasteiger partial charge in [-0.1, -0.05) is 30.3 Å². The molecule has 0 unspecified atom stereocenters. The summed E-state index contributed by atoms with van der Waals surface area (Å²) in [5, 5.41) is 16.8. The summed E-state index contributed by atoms with van der Waals surface area (Å²) >= 11 is 1.33. The van der Waals surface area contributed by atoms with Crippen molar-refractivity contribution in [1.82, 2.24) is 4.37 Å². The Kier molecular flexibility index (Phi) is 5.50. The highest BCUT2D eigenvalue weighted by atomic mass is 32.1. The first-order chi connectivity index (χ1) is 14.5. The average Bonchev–Trinajstić information content (AvgIpc) is 3.34. The Morgan fingerprint density at radius 1 is 1.30 bits per heavy atom. The molecule has 1 aliphatic rings. The third-order valence-electron chi connectivity index (χ3n) is 5.07.